The molecule has 7 nitrogen and oxygen atoms in total. The first kappa shape index (κ1) is 27.8. The first-order valence-corrected chi connectivity index (χ1v) is 15.5. The number of carbonyl (C=O) groups is 1. The molecule has 0 saturated carbocycles. The van der Waals surface area contributed by atoms with Crippen LogP contribution in [-0.4, -0.2) is 22.7 Å². The van der Waals surface area contributed by atoms with E-state index in [1.165, 1.54) is 60.7 Å². The van der Waals surface area contributed by atoms with E-state index in [9.17, 15) is 21.6 Å². The van der Waals surface area contributed by atoms with Crippen molar-refractivity contribution < 1.29 is 21.6 Å². The van der Waals surface area contributed by atoms with Gasteiger partial charge in [-0.1, -0.05) is 90.5 Å². The fourth-order valence-corrected chi connectivity index (χ4v) is 8.02. The highest BCUT2D eigenvalue weighted by Crippen LogP contribution is 2.39. The average molecular weight is 583 g/mol. The second-order valence-corrected chi connectivity index (χ2v) is 13.1. The fourth-order valence-electron chi connectivity index (χ4n) is 4.26. The number of amides is 1. The van der Waals surface area contributed by atoms with Gasteiger partial charge < -0.3 is 5.32 Å². The second kappa shape index (κ2) is 11.4. The van der Waals surface area contributed by atoms with Gasteiger partial charge in [-0.25, -0.2) is 16.8 Å². The number of benzene rings is 5. The van der Waals surface area contributed by atoms with Crippen LogP contribution in [0.4, 0.5) is 11.4 Å². The molecule has 0 spiro atoms. The van der Waals surface area contributed by atoms with E-state index in [2.05, 4.69) is 5.32 Å². The van der Waals surface area contributed by atoms with Gasteiger partial charge in [-0.15, -0.1) is 0 Å². The minimum absolute atomic E-state index is 0.00808. The minimum Gasteiger partial charge on any atom is -0.320 e. The molecule has 0 atom stereocenters. The van der Waals surface area contributed by atoms with Crippen molar-refractivity contribution in [3.63, 3.8) is 0 Å². The summed E-state index contributed by atoms with van der Waals surface area (Å²) in [4.78, 5) is 12.7. The highest BCUT2D eigenvalue weighted by atomic mass is 32.3. The molecule has 0 bridgehead atoms. The smallest absolute Gasteiger partial charge is 0.277 e. The fraction of sp³-hybridized carbons (Fsp3) is 0.0312. The number of hydrogen-bond donors (Lipinski definition) is 1. The Balaban J connectivity index is 1.77. The van der Waals surface area contributed by atoms with E-state index in [1.807, 2.05) is 31.2 Å². The summed E-state index contributed by atoms with van der Waals surface area (Å²) in [7, 11) is -9.39. The summed E-state index contributed by atoms with van der Waals surface area (Å²) in [6.07, 6.45) is 0. The standard InChI is InChI=1S/C32H26N2O5S2/c1-24-17-19-25(20-18-24)27-21-22-30(33-32(35)26-11-5-2-6-12-26)31(23-27)34(40(36,37)28-13-7-3-8-14-28)41(38,39)29-15-9-4-10-16-29/h2-23H,1H3,(H,33,35). The molecular weight excluding hydrogens is 556 g/mol. The van der Waals surface area contributed by atoms with Gasteiger partial charge in [-0.2, -0.15) is 3.71 Å². The SMILES string of the molecule is Cc1ccc(-c2ccc(NC(=O)c3ccccc3)c(N(S(=O)(=O)c3ccccc3)S(=O)(=O)c3ccccc3)c2)cc1. The Bertz CT molecular complexity index is 1820. The zero-order chi connectivity index (χ0) is 29.0. The van der Waals surface area contributed by atoms with Gasteiger partial charge in [0.25, 0.3) is 26.0 Å². The lowest BCUT2D eigenvalue weighted by Crippen LogP contribution is -2.37. The van der Waals surface area contributed by atoms with Gasteiger partial charge in [0, 0.05) is 5.56 Å². The van der Waals surface area contributed by atoms with Crippen molar-refractivity contribution in [2.45, 2.75) is 16.7 Å². The largest absolute Gasteiger partial charge is 0.320 e. The normalized spacial score (nSPS) is 11.5. The predicted octanol–water partition coefficient (Wildman–Crippen LogP) is 6.50. The van der Waals surface area contributed by atoms with Crippen molar-refractivity contribution >= 4 is 37.3 Å². The van der Waals surface area contributed by atoms with Crippen LogP contribution in [0.1, 0.15) is 15.9 Å². The quantitative estimate of drug-likeness (QED) is 0.225. The zero-order valence-electron chi connectivity index (χ0n) is 22.0. The topological polar surface area (TPSA) is 101 Å². The maximum Gasteiger partial charge on any atom is 0.277 e. The van der Waals surface area contributed by atoms with Crippen LogP contribution in [0.3, 0.4) is 0 Å². The lowest BCUT2D eigenvalue weighted by Gasteiger charge is -2.27. The Kier molecular flexibility index (Phi) is 7.74. The van der Waals surface area contributed by atoms with Crippen LogP contribution in [0.25, 0.3) is 11.1 Å². The summed E-state index contributed by atoms with van der Waals surface area (Å²) in [6, 6.07) is 35.2. The third kappa shape index (κ3) is 5.77. The van der Waals surface area contributed by atoms with Gasteiger partial charge in [0.15, 0.2) is 0 Å². The molecule has 9 heteroatoms. The van der Waals surface area contributed by atoms with Gasteiger partial charge in [0.1, 0.15) is 0 Å². The molecule has 0 radical (unpaired) electrons. The van der Waals surface area contributed by atoms with Crippen molar-refractivity contribution in [2.75, 3.05) is 9.03 Å². The molecule has 0 aliphatic rings. The minimum atomic E-state index is -4.69. The van der Waals surface area contributed by atoms with Gasteiger partial charge >= 0.3 is 0 Å². The third-order valence-electron chi connectivity index (χ3n) is 6.38. The maximum atomic E-state index is 14.2. The molecule has 1 amide bonds. The molecule has 206 valence electrons. The average Bonchev–Trinajstić information content (AvgIpc) is 2.99. The van der Waals surface area contributed by atoms with Gasteiger partial charge in [0.2, 0.25) is 0 Å². The molecule has 0 fully saturated rings. The summed E-state index contributed by atoms with van der Waals surface area (Å²) in [5.74, 6) is -0.524. The molecular formula is C32H26N2O5S2. The van der Waals surface area contributed by atoms with Crippen LogP contribution >= 0.6 is 0 Å². The Morgan fingerprint density at radius 2 is 1.05 bits per heavy atom. The number of rotatable bonds is 8. The molecule has 0 unspecified atom stereocenters. The van der Waals surface area contributed by atoms with E-state index in [-0.39, 0.29) is 21.2 Å². The van der Waals surface area contributed by atoms with Crippen molar-refractivity contribution in [1.82, 2.24) is 0 Å². The Labute approximate surface area is 239 Å². The monoisotopic (exact) mass is 582 g/mol. The van der Waals surface area contributed by atoms with E-state index < -0.39 is 26.0 Å². The van der Waals surface area contributed by atoms with Crippen molar-refractivity contribution in [1.29, 1.82) is 0 Å². The first-order chi connectivity index (χ1) is 19.7. The summed E-state index contributed by atoms with van der Waals surface area (Å²) in [5.41, 5.74) is 2.44. The first-order valence-electron chi connectivity index (χ1n) is 12.7. The zero-order valence-corrected chi connectivity index (χ0v) is 23.6. The summed E-state index contributed by atoms with van der Waals surface area (Å²) in [6.45, 7) is 1.94. The van der Waals surface area contributed by atoms with Crippen LogP contribution < -0.4 is 9.03 Å². The van der Waals surface area contributed by atoms with Crippen LogP contribution in [0.2, 0.25) is 0 Å². The molecule has 1 N–H and O–H groups in total. The number of nitrogens with zero attached hydrogens (tertiary/aromatic N) is 1. The van der Waals surface area contributed by atoms with E-state index in [0.29, 0.717) is 14.8 Å². The molecule has 5 aromatic rings. The Morgan fingerprint density at radius 1 is 0.585 bits per heavy atom. The number of sulfonamides is 2. The second-order valence-electron chi connectivity index (χ2n) is 9.25. The van der Waals surface area contributed by atoms with Crippen LogP contribution in [-0.2, 0) is 20.0 Å². The van der Waals surface area contributed by atoms with E-state index in [1.54, 1.807) is 48.5 Å². The molecule has 41 heavy (non-hydrogen) atoms. The number of anilines is 2. The van der Waals surface area contributed by atoms with E-state index >= 15 is 0 Å². The van der Waals surface area contributed by atoms with Crippen LogP contribution in [0, 0.1) is 6.92 Å². The predicted molar refractivity (Wildman–Crippen MR) is 161 cm³/mol. The van der Waals surface area contributed by atoms with Crippen molar-refractivity contribution in [3.05, 3.63) is 145 Å². The molecule has 0 aromatic heterocycles. The van der Waals surface area contributed by atoms with E-state index in [4.69, 9.17) is 0 Å². The van der Waals surface area contributed by atoms with Gasteiger partial charge in [0.05, 0.1) is 21.2 Å². The number of carbonyl (C=O) groups excluding carboxylic acids is 1. The van der Waals surface area contributed by atoms with Crippen LogP contribution in [0.15, 0.2) is 143 Å². The highest BCUT2D eigenvalue weighted by Gasteiger charge is 2.38. The third-order valence-corrected chi connectivity index (χ3v) is 10.6. The van der Waals surface area contributed by atoms with Crippen LogP contribution in [0.5, 0.6) is 0 Å². The Morgan fingerprint density at radius 3 is 1.56 bits per heavy atom. The molecule has 5 rings (SSSR count). The van der Waals surface area contributed by atoms with Crippen molar-refractivity contribution in [3.8, 4) is 11.1 Å². The summed E-state index contributed by atoms with van der Waals surface area (Å²) >= 11 is 0. The van der Waals surface area contributed by atoms with Crippen molar-refractivity contribution in [2.24, 2.45) is 0 Å². The lowest BCUT2D eigenvalue weighted by atomic mass is 10.0. The molecule has 0 heterocycles. The van der Waals surface area contributed by atoms with Gasteiger partial charge in [-0.3, -0.25) is 4.79 Å². The molecule has 5 aromatic carbocycles. The highest BCUT2D eigenvalue weighted by molar-refractivity contribution is 8.10. The number of hydrogen-bond acceptors (Lipinski definition) is 5. The number of aryl methyl sites for hydroxylation is 1. The van der Waals surface area contributed by atoms with Gasteiger partial charge in [-0.05, 0) is 66.6 Å². The molecule has 0 aliphatic carbocycles. The molecule has 0 aliphatic heterocycles. The molecule has 0 saturated heterocycles. The Hall–Kier alpha value is -4.73. The number of nitrogens with one attached hydrogen (secondary N) is 1. The lowest BCUT2D eigenvalue weighted by molar-refractivity contribution is 0.102. The maximum absolute atomic E-state index is 14.2. The van der Waals surface area contributed by atoms with E-state index in [0.717, 1.165) is 11.1 Å². The summed E-state index contributed by atoms with van der Waals surface area (Å²) < 4.78 is 57.2. The summed E-state index contributed by atoms with van der Waals surface area (Å²) in [5, 5.41) is 2.73.